The van der Waals surface area contributed by atoms with E-state index in [2.05, 4.69) is 4.74 Å². The molecule has 16 heavy (non-hydrogen) atoms. The zero-order chi connectivity index (χ0) is 12.3. The Hall–Kier alpha value is -1.37. The third-order valence-electron chi connectivity index (χ3n) is 2.21. The Morgan fingerprint density at radius 2 is 2.19 bits per heavy atom. The summed E-state index contributed by atoms with van der Waals surface area (Å²) < 4.78 is 27.1. The summed E-state index contributed by atoms with van der Waals surface area (Å²) in [5, 5.41) is 7.55. The number of hydrogen-bond acceptors (Lipinski definition) is 6. The van der Waals surface area contributed by atoms with Gasteiger partial charge in [0.2, 0.25) is 0 Å². The second kappa shape index (κ2) is 4.65. The SMILES string of the molecule is CCOC(=O)C(=N)C1=C(N)CS(=O)(=O)CC1. The zero-order valence-corrected chi connectivity index (χ0v) is 9.76. The lowest BCUT2D eigenvalue weighted by Crippen LogP contribution is -2.30. The molecule has 0 amide bonds. The average Bonchev–Trinajstić information content (AvgIpc) is 2.16. The summed E-state index contributed by atoms with van der Waals surface area (Å²) in [6.45, 7) is 1.81. The first-order valence-electron chi connectivity index (χ1n) is 4.81. The van der Waals surface area contributed by atoms with Crippen LogP contribution in [0.2, 0.25) is 0 Å². The van der Waals surface area contributed by atoms with Gasteiger partial charge in [-0.15, -0.1) is 0 Å². The Balaban J connectivity index is 2.90. The van der Waals surface area contributed by atoms with Crippen LogP contribution >= 0.6 is 0 Å². The van der Waals surface area contributed by atoms with E-state index in [4.69, 9.17) is 11.1 Å². The largest absolute Gasteiger partial charge is 0.461 e. The quantitative estimate of drug-likeness (QED) is 0.520. The fraction of sp³-hybridized carbons (Fsp3) is 0.556. The number of sulfone groups is 1. The van der Waals surface area contributed by atoms with Gasteiger partial charge >= 0.3 is 5.97 Å². The van der Waals surface area contributed by atoms with Crippen LogP contribution in [0.1, 0.15) is 13.3 Å². The Labute approximate surface area is 93.9 Å². The van der Waals surface area contributed by atoms with Gasteiger partial charge in [-0.3, -0.25) is 5.41 Å². The van der Waals surface area contributed by atoms with E-state index in [0.717, 1.165) is 0 Å². The molecule has 0 aromatic heterocycles. The normalized spacial score (nSPS) is 19.3. The summed E-state index contributed by atoms with van der Waals surface area (Å²) in [4.78, 5) is 11.3. The molecule has 0 aliphatic carbocycles. The van der Waals surface area contributed by atoms with E-state index < -0.39 is 15.8 Å². The maximum atomic E-state index is 11.3. The maximum Gasteiger partial charge on any atom is 0.356 e. The van der Waals surface area contributed by atoms with Gasteiger partial charge in [0, 0.05) is 11.3 Å². The van der Waals surface area contributed by atoms with Crippen LogP contribution in [0.5, 0.6) is 0 Å². The molecule has 1 aliphatic rings. The van der Waals surface area contributed by atoms with Crippen LogP contribution in [0.25, 0.3) is 0 Å². The molecule has 0 atom stereocenters. The molecule has 0 aromatic carbocycles. The van der Waals surface area contributed by atoms with Gasteiger partial charge in [-0.05, 0) is 13.3 Å². The Bertz CT molecular complexity index is 450. The third kappa shape index (κ3) is 2.82. The lowest BCUT2D eigenvalue weighted by molar-refractivity contribution is -0.135. The lowest BCUT2D eigenvalue weighted by Gasteiger charge is -2.17. The Kier molecular flexibility index (Phi) is 3.69. The summed E-state index contributed by atoms with van der Waals surface area (Å²) >= 11 is 0. The van der Waals surface area contributed by atoms with E-state index in [1.54, 1.807) is 6.92 Å². The molecule has 90 valence electrons. The van der Waals surface area contributed by atoms with E-state index in [9.17, 15) is 13.2 Å². The molecule has 0 saturated heterocycles. The first-order chi connectivity index (χ1) is 7.37. The van der Waals surface area contributed by atoms with Gasteiger partial charge in [0.05, 0.1) is 18.1 Å². The molecular formula is C9H14N2O4S. The molecule has 7 heteroatoms. The molecular weight excluding hydrogens is 232 g/mol. The van der Waals surface area contributed by atoms with Crippen LogP contribution in [-0.2, 0) is 19.4 Å². The predicted octanol–water partition coefficient (Wildman–Crippen LogP) is -0.399. The van der Waals surface area contributed by atoms with Crippen LogP contribution in [0, 0.1) is 5.41 Å². The highest BCUT2D eigenvalue weighted by molar-refractivity contribution is 7.91. The minimum absolute atomic E-state index is 0.0734. The fourth-order valence-corrected chi connectivity index (χ4v) is 2.73. The molecule has 1 heterocycles. The first-order valence-corrected chi connectivity index (χ1v) is 6.63. The average molecular weight is 246 g/mol. The Morgan fingerprint density at radius 1 is 1.56 bits per heavy atom. The molecule has 0 spiro atoms. The summed E-state index contributed by atoms with van der Waals surface area (Å²) in [6.07, 6.45) is 0.103. The molecule has 0 bridgehead atoms. The number of hydrogen-bond donors (Lipinski definition) is 2. The molecule has 1 rings (SSSR count). The molecule has 6 nitrogen and oxygen atoms in total. The highest BCUT2D eigenvalue weighted by atomic mass is 32.2. The van der Waals surface area contributed by atoms with E-state index in [1.165, 1.54) is 0 Å². The van der Waals surface area contributed by atoms with Crippen LogP contribution in [0.15, 0.2) is 11.3 Å². The second-order valence-electron chi connectivity index (χ2n) is 3.44. The fourth-order valence-electron chi connectivity index (χ4n) is 1.43. The minimum Gasteiger partial charge on any atom is -0.461 e. The topological polar surface area (TPSA) is 110 Å². The number of nitrogens with two attached hydrogens (primary N) is 1. The minimum atomic E-state index is -3.17. The van der Waals surface area contributed by atoms with E-state index >= 15 is 0 Å². The van der Waals surface area contributed by atoms with Gasteiger partial charge < -0.3 is 10.5 Å². The van der Waals surface area contributed by atoms with Crippen LogP contribution in [0.4, 0.5) is 0 Å². The summed E-state index contributed by atoms with van der Waals surface area (Å²) in [6, 6.07) is 0. The van der Waals surface area contributed by atoms with Crippen molar-refractivity contribution in [2.24, 2.45) is 5.73 Å². The predicted molar refractivity (Wildman–Crippen MR) is 58.8 cm³/mol. The summed E-state index contributed by atoms with van der Waals surface area (Å²) in [5.41, 5.74) is 5.56. The molecule has 0 fully saturated rings. The number of nitrogens with one attached hydrogen (secondary N) is 1. The van der Waals surface area contributed by atoms with Gasteiger partial charge in [-0.1, -0.05) is 0 Å². The molecule has 1 aliphatic heterocycles. The number of esters is 1. The van der Waals surface area contributed by atoms with E-state index in [-0.39, 0.29) is 41.5 Å². The van der Waals surface area contributed by atoms with Crippen molar-refractivity contribution >= 4 is 21.5 Å². The van der Waals surface area contributed by atoms with Crippen molar-refractivity contribution in [1.29, 1.82) is 5.41 Å². The van der Waals surface area contributed by atoms with Crippen molar-refractivity contribution in [2.75, 3.05) is 18.1 Å². The summed E-state index contributed by atoms with van der Waals surface area (Å²) in [7, 11) is -3.17. The monoisotopic (exact) mass is 246 g/mol. The third-order valence-corrected chi connectivity index (χ3v) is 3.78. The van der Waals surface area contributed by atoms with Crippen molar-refractivity contribution in [3.8, 4) is 0 Å². The zero-order valence-electron chi connectivity index (χ0n) is 8.95. The molecule has 0 saturated carbocycles. The van der Waals surface area contributed by atoms with Crippen LogP contribution in [-0.4, -0.2) is 38.2 Å². The van der Waals surface area contributed by atoms with Crippen LogP contribution in [0.3, 0.4) is 0 Å². The first kappa shape index (κ1) is 12.7. The molecule has 0 radical (unpaired) electrons. The molecule has 3 N–H and O–H groups in total. The Morgan fingerprint density at radius 3 is 2.69 bits per heavy atom. The van der Waals surface area contributed by atoms with Crippen molar-refractivity contribution in [1.82, 2.24) is 0 Å². The van der Waals surface area contributed by atoms with Crippen molar-refractivity contribution in [2.45, 2.75) is 13.3 Å². The number of carbonyl (C=O) groups excluding carboxylic acids is 1. The second-order valence-corrected chi connectivity index (χ2v) is 5.63. The highest BCUT2D eigenvalue weighted by Gasteiger charge is 2.27. The summed E-state index contributed by atoms with van der Waals surface area (Å²) in [5.74, 6) is -1.13. The number of ether oxygens (including phenoxy) is 1. The van der Waals surface area contributed by atoms with Gasteiger partial charge in [0.25, 0.3) is 0 Å². The van der Waals surface area contributed by atoms with Crippen molar-refractivity contribution in [3.63, 3.8) is 0 Å². The van der Waals surface area contributed by atoms with Crippen LogP contribution < -0.4 is 5.73 Å². The number of carbonyl (C=O) groups is 1. The number of rotatable bonds is 3. The standard InChI is InChI=1S/C9H14N2O4S/c1-2-15-9(12)8(11)6-3-4-16(13,14)5-7(6)10/h11H,2-5,10H2,1H3. The van der Waals surface area contributed by atoms with Crippen molar-refractivity contribution in [3.05, 3.63) is 11.3 Å². The van der Waals surface area contributed by atoms with Gasteiger partial charge in [-0.25, -0.2) is 13.2 Å². The maximum absolute atomic E-state index is 11.3. The van der Waals surface area contributed by atoms with Gasteiger partial charge in [-0.2, -0.15) is 0 Å². The van der Waals surface area contributed by atoms with E-state index in [1.807, 2.05) is 0 Å². The highest BCUT2D eigenvalue weighted by Crippen LogP contribution is 2.17. The van der Waals surface area contributed by atoms with E-state index in [0.29, 0.717) is 0 Å². The lowest BCUT2D eigenvalue weighted by atomic mass is 10.1. The van der Waals surface area contributed by atoms with Gasteiger partial charge in [0.1, 0.15) is 5.71 Å². The van der Waals surface area contributed by atoms with Gasteiger partial charge in [0.15, 0.2) is 9.84 Å². The molecule has 0 unspecified atom stereocenters. The smallest absolute Gasteiger partial charge is 0.356 e. The van der Waals surface area contributed by atoms with Crippen molar-refractivity contribution < 1.29 is 17.9 Å². The molecule has 0 aromatic rings.